The molecule has 0 rings (SSSR count). The lowest BCUT2D eigenvalue weighted by Gasteiger charge is -2.10. The molecule has 0 saturated heterocycles. The maximum atomic E-state index is 12.0. The SMILES string of the molecule is CCNS(=O)(=O)C(C)(F)F. The van der Waals surface area contributed by atoms with E-state index >= 15 is 0 Å². The van der Waals surface area contributed by atoms with Crippen molar-refractivity contribution in [2.45, 2.75) is 19.1 Å². The zero-order valence-corrected chi connectivity index (χ0v) is 6.50. The van der Waals surface area contributed by atoms with E-state index in [-0.39, 0.29) is 6.54 Å². The molecule has 0 atom stereocenters. The Balaban J connectivity index is 4.44. The molecule has 0 bridgehead atoms. The number of hydrogen-bond donors (Lipinski definition) is 1. The zero-order valence-electron chi connectivity index (χ0n) is 5.69. The summed E-state index contributed by atoms with van der Waals surface area (Å²) in [6.07, 6.45) is 0. The third kappa shape index (κ3) is 2.18. The minimum absolute atomic E-state index is 0.0221. The van der Waals surface area contributed by atoms with Crippen molar-refractivity contribution in [3.05, 3.63) is 0 Å². The van der Waals surface area contributed by atoms with E-state index in [0.29, 0.717) is 6.92 Å². The smallest absolute Gasteiger partial charge is 0.210 e. The van der Waals surface area contributed by atoms with Gasteiger partial charge in [-0.1, -0.05) is 6.92 Å². The van der Waals surface area contributed by atoms with E-state index < -0.39 is 15.3 Å². The molecule has 0 radical (unpaired) electrons. The first-order chi connectivity index (χ1) is 4.31. The first-order valence-electron chi connectivity index (χ1n) is 2.68. The zero-order chi connectivity index (χ0) is 8.41. The second-order valence-corrected chi connectivity index (χ2v) is 3.82. The third-order valence-corrected chi connectivity index (χ3v) is 2.42. The van der Waals surface area contributed by atoms with Crippen LogP contribution in [0.15, 0.2) is 0 Å². The number of halogens is 2. The lowest BCUT2D eigenvalue weighted by atomic mass is 10.8. The number of rotatable bonds is 3. The van der Waals surface area contributed by atoms with E-state index in [2.05, 4.69) is 0 Å². The van der Waals surface area contributed by atoms with Gasteiger partial charge in [-0.2, -0.15) is 8.78 Å². The fourth-order valence-electron chi connectivity index (χ4n) is 0.317. The average Bonchev–Trinajstić information content (AvgIpc) is 1.61. The van der Waals surface area contributed by atoms with E-state index in [0.717, 1.165) is 0 Å². The van der Waals surface area contributed by atoms with Crippen molar-refractivity contribution in [1.29, 1.82) is 0 Å². The highest BCUT2D eigenvalue weighted by molar-refractivity contribution is 7.90. The standard InChI is InChI=1S/C4H9F2NO2S/c1-3-7-10(8,9)4(2,5)6/h7H,3H2,1-2H3. The van der Waals surface area contributed by atoms with E-state index in [1.807, 2.05) is 0 Å². The quantitative estimate of drug-likeness (QED) is 0.677. The molecule has 0 aromatic rings. The van der Waals surface area contributed by atoms with Gasteiger partial charge in [-0.05, 0) is 0 Å². The molecular formula is C4H9F2NO2S. The summed E-state index contributed by atoms with van der Waals surface area (Å²) in [6.45, 7) is 1.75. The van der Waals surface area contributed by atoms with Gasteiger partial charge in [0.05, 0.1) is 0 Å². The minimum Gasteiger partial charge on any atom is -0.210 e. The molecule has 6 heteroatoms. The van der Waals surface area contributed by atoms with Crippen LogP contribution in [0, 0.1) is 0 Å². The molecule has 0 unspecified atom stereocenters. The van der Waals surface area contributed by atoms with Crippen LogP contribution in [0.3, 0.4) is 0 Å². The Bertz CT molecular complexity index is 194. The summed E-state index contributed by atoms with van der Waals surface area (Å²) in [4.78, 5) is 0. The van der Waals surface area contributed by atoms with Gasteiger partial charge in [-0.25, -0.2) is 13.1 Å². The Morgan fingerprint density at radius 2 is 1.90 bits per heavy atom. The van der Waals surface area contributed by atoms with Crippen molar-refractivity contribution in [2.24, 2.45) is 0 Å². The topological polar surface area (TPSA) is 46.2 Å². The maximum Gasteiger partial charge on any atom is 0.356 e. The van der Waals surface area contributed by atoms with Gasteiger partial charge in [0.25, 0.3) is 10.0 Å². The van der Waals surface area contributed by atoms with Crippen LogP contribution in [0.2, 0.25) is 0 Å². The molecule has 3 nitrogen and oxygen atoms in total. The normalized spacial score (nSPS) is 13.6. The van der Waals surface area contributed by atoms with Gasteiger partial charge >= 0.3 is 5.25 Å². The molecule has 0 aromatic heterocycles. The van der Waals surface area contributed by atoms with Crippen LogP contribution in [0.4, 0.5) is 8.78 Å². The van der Waals surface area contributed by atoms with Crippen LogP contribution < -0.4 is 4.72 Å². The molecule has 0 aliphatic heterocycles. The van der Waals surface area contributed by atoms with Crippen molar-refractivity contribution in [3.63, 3.8) is 0 Å². The van der Waals surface area contributed by atoms with Crippen molar-refractivity contribution >= 4 is 10.0 Å². The average molecular weight is 173 g/mol. The molecule has 0 aromatic carbocycles. The van der Waals surface area contributed by atoms with E-state index in [1.165, 1.54) is 6.92 Å². The Labute approximate surface area is 58.5 Å². The van der Waals surface area contributed by atoms with E-state index in [4.69, 9.17) is 0 Å². The molecule has 62 valence electrons. The summed E-state index contributed by atoms with van der Waals surface area (Å²) in [5, 5.41) is -3.69. The van der Waals surface area contributed by atoms with Crippen molar-refractivity contribution in [1.82, 2.24) is 4.72 Å². The van der Waals surface area contributed by atoms with Crippen LogP contribution >= 0.6 is 0 Å². The second kappa shape index (κ2) is 2.79. The van der Waals surface area contributed by atoms with Crippen LogP contribution in [0.5, 0.6) is 0 Å². The maximum absolute atomic E-state index is 12.0. The molecule has 0 heterocycles. The molecule has 0 aliphatic rings. The van der Waals surface area contributed by atoms with Crippen LogP contribution in [-0.2, 0) is 10.0 Å². The summed E-state index contributed by atoms with van der Waals surface area (Å²) < 4.78 is 46.5. The second-order valence-electron chi connectivity index (χ2n) is 1.81. The third-order valence-electron chi connectivity index (χ3n) is 0.806. The highest BCUT2D eigenvalue weighted by Crippen LogP contribution is 2.18. The number of nitrogens with one attached hydrogen (secondary N) is 1. The number of sulfonamides is 1. The summed E-state index contributed by atoms with van der Waals surface area (Å²) in [7, 11) is -4.43. The summed E-state index contributed by atoms with van der Waals surface area (Å²) >= 11 is 0. The van der Waals surface area contributed by atoms with Gasteiger partial charge in [0.15, 0.2) is 0 Å². The molecule has 0 amide bonds. The Hall–Kier alpha value is -0.230. The lowest BCUT2D eigenvalue weighted by molar-refractivity contribution is 0.112. The Morgan fingerprint density at radius 1 is 1.50 bits per heavy atom. The Morgan fingerprint density at radius 3 is 2.00 bits per heavy atom. The highest BCUT2D eigenvalue weighted by Gasteiger charge is 2.38. The summed E-state index contributed by atoms with van der Waals surface area (Å²) in [5.74, 6) is 0. The van der Waals surface area contributed by atoms with Crippen molar-refractivity contribution < 1.29 is 17.2 Å². The minimum atomic E-state index is -4.43. The number of alkyl halides is 2. The van der Waals surface area contributed by atoms with Crippen LogP contribution in [0.1, 0.15) is 13.8 Å². The molecule has 0 aliphatic carbocycles. The molecule has 1 N–H and O–H groups in total. The number of hydrogen-bond acceptors (Lipinski definition) is 2. The molecular weight excluding hydrogens is 164 g/mol. The van der Waals surface area contributed by atoms with Gasteiger partial charge in [-0.3, -0.25) is 0 Å². The van der Waals surface area contributed by atoms with Crippen LogP contribution in [-0.4, -0.2) is 20.2 Å². The summed E-state index contributed by atoms with van der Waals surface area (Å²) in [5.41, 5.74) is 0. The fourth-order valence-corrected chi connectivity index (χ4v) is 0.950. The Kier molecular flexibility index (Phi) is 2.73. The first kappa shape index (κ1) is 9.77. The van der Waals surface area contributed by atoms with Crippen LogP contribution in [0.25, 0.3) is 0 Å². The molecule has 10 heavy (non-hydrogen) atoms. The molecule has 0 saturated carbocycles. The lowest BCUT2D eigenvalue weighted by Crippen LogP contribution is -2.37. The fraction of sp³-hybridized carbons (Fsp3) is 1.00. The van der Waals surface area contributed by atoms with Gasteiger partial charge in [0.1, 0.15) is 0 Å². The molecule has 0 spiro atoms. The van der Waals surface area contributed by atoms with Gasteiger partial charge in [0, 0.05) is 13.5 Å². The van der Waals surface area contributed by atoms with E-state index in [1.54, 1.807) is 4.72 Å². The van der Waals surface area contributed by atoms with Crippen molar-refractivity contribution in [2.75, 3.05) is 6.54 Å². The van der Waals surface area contributed by atoms with Gasteiger partial charge in [-0.15, -0.1) is 0 Å². The predicted molar refractivity (Wildman–Crippen MR) is 33.2 cm³/mol. The summed E-state index contributed by atoms with van der Waals surface area (Å²) in [6, 6.07) is 0. The van der Waals surface area contributed by atoms with Gasteiger partial charge < -0.3 is 0 Å². The molecule has 0 fully saturated rings. The largest absolute Gasteiger partial charge is 0.356 e. The first-order valence-corrected chi connectivity index (χ1v) is 4.16. The predicted octanol–water partition coefficient (Wildman–Crippen LogP) is 0.538. The van der Waals surface area contributed by atoms with Gasteiger partial charge in [0.2, 0.25) is 0 Å². The van der Waals surface area contributed by atoms with E-state index in [9.17, 15) is 17.2 Å². The van der Waals surface area contributed by atoms with Crippen molar-refractivity contribution in [3.8, 4) is 0 Å². The monoisotopic (exact) mass is 173 g/mol. The highest BCUT2D eigenvalue weighted by atomic mass is 32.2.